The normalized spacial score (nSPS) is 24.4. The Bertz CT molecular complexity index is 560. The molecule has 2 aliphatic rings. The Morgan fingerprint density at radius 1 is 1.30 bits per heavy atom. The summed E-state index contributed by atoms with van der Waals surface area (Å²) >= 11 is 0. The fourth-order valence-corrected chi connectivity index (χ4v) is 3.56. The lowest BCUT2D eigenvalue weighted by Crippen LogP contribution is -2.44. The van der Waals surface area contributed by atoms with Gasteiger partial charge in [0.15, 0.2) is 0 Å². The number of rotatable bonds is 3. The highest BCUT2D eigenvalue weighted by atomic mass is 16.6. The molecular formula is C19H28N2O2. The average molecular weight is 316 g/mol. The van der Waals surface area contributed by atoms with E-state index in [0.717, 1.165) is 13.1 Å². The van der Waals surface area contributed by atoms with Crippen molar-refractivity contribution in [1.82, 2.24) is 10.2 Å². The van der Waals surface area contributed by atoms with Crippen LogP contribution >= 0.6 is 0 Å². The molecule has 2 atom stereocenters. The lowest BCUT2D eigenvalue weighted by molar-refractivity contribution is 0.0491. The molecule has 0 bridgehead atoms. The monoisotopic (exact) mass is 316 g/mol. The first-order valence-corrected chi connectivity index (χ1v) is 8.58. The van der Waals surface area contributed by atoms with Crippen molar-refractivity contribution in [1.29, 1.82) is 0 Å². The highest BCUT2D eigenvalue weighted by Crippen LogP contribution is 2.54. The van der Waals surface area contributed by atoms with Crippen molar-refractivity contribution in [2.75, 3.05) is 13.1 Å². The summed E-state index contributed by atoms with van der Waals surface area (Å²) in [6, 6.07) is 11.2. The number of nitrogens with zero attached hydrogens (tertiary/aromatic N) is 1. The van der Waals surface area contributed by atoms with Crippen LogP contribution in [0.25, 0.3) is 0 Å². The first kappa shape index (κ1) is 16.3. The zero-order valence-corrected chi connectivity index (χ0v) is 14.6. The van der Waals surface area contributed by atoms with Crippen molar-refractivity contribution in [3.63, 3.8) is 0 Å². The lowest BCUT2D eigenvalue weighted by Gasteiger charge is -2.25. The van der Waals surface area contributed by atoms with Crippen LogP contribution in [-0.4, -0.2) is 35.7 Å². The molecule has 1 saturated heterocycles. The number of benzene rings is 1. The van der Waals surface area contributed by atoms with Crippen LogP contribution in [0, 0.1) is 5.41 Å². The van der Waals surface area contributed by atoms with Crippen LogP contribution in [0.15, 0.2) is 30.3 Å². The van der Waals surface area contributed by atoms with Crippen LogP contribution in [0.4, 0.5) is 4.79 Å². The van der Waals surface area contributed by atoms with Gasteiger partial charge in [-0.25, -0.2) is 4.79 Å². The predicted molar refractivity (Wildman–Crippen MR) is 91.3 cm³/mol. The highest BCUT2D eigenvalue weighted by Gasteiger charge is 2.56. The third-order valence-corrected chi connectivity index (χ3v) is 5.09. The van der Waals surface area contributed by atoms with Gasteiger partial charge in [-0.3, -0.25) is 4.90 Å². The van der Waals surface area contributed by atoms with Crippen molar-refractivity contribution in [3.05, 3.63) is 35.9 Å². The Hall–Kier alpha value is -1.55. The van der Waals surface area contributed by atoms with Crippen LogP contribution in [0.5, 0.6) is 0 Å². The Kier molecular flexibility index (Phi) is 4.13. The maximum absolute atomic E-state index is 12.1. The van der Waals surface area contributed by atoms with E-state index in [4.69, 9.17) is 4.74 Å². The molecule has 2 unspecified atom stereocenters. The largest absolute Gasteiger partial charge is 0.444 e. The number of alkyl carbamates (subject to hydrolysis) is 1. The SMILES string of the molecule is CC(c1ccccc1)N1CC(NC(=O)OC(C)(C)C)C2(CC2)C1. The van der Waals surface area contributed by atoms with E-state index in [9.17, 15) is 4.79 Å². The summed E-state index contributed by atoms with van der Waals surface area (Å²) in [6.07, 6.45) is 2.11. The van der Waals surface area contributed by atoms with Crippen LogP contribution < -0.4 is 5.32 Å². The van der Waals surface area contributed by atoms with Gasteiger partial charge in [0.05, 0.1) is 6.04 Å². The molecule has 23 heavy (non-hydrogen) atoms. The van der Waals surface area contributed by atoms with Crippen molar-refractivity contribution in [2.45, 2.75) is 58.2 Å². The topological polar surface area (TPSA) is 41.6 Å². The van der Waals surface area contributed by atoms with Gasteiger partial charge in [0.25, 0.3) is 0 Å². The molecule has 1 aliphatic heterocycles. The van der Waals surface area contributed by atoms with Gasteiger partial charge in [-0.05, 0) is 46.1 Å². The summed E-state index contributed by atoms with van der Waals surface area (Å²) in [4.78, 5) is 14.6. The van der Waals surface area contributed by atoms with E-state index in [1.165, 1.54) is 18.4 Å². The molecule has 1 spiro atoms. The molecule has 4 nitrogen and oxygen atoms in total. The quantitative estimate of drug-likeness (QED) is 0.923. The zero-order chi connectivity index (χ0) is 16.7. The molecule has 0 radical (unpaired) electrons. The van der Waals surface area contributed by atoms with Crippen LogP contribution in [-0.2, 0) is 4.74 Å². The first-order chi connectivity index (χ1) is 10.8. The van der Waals surface area contributed by atoms with E-state index in [2.05, 4.69) is 47.5 Å². The second kappa shape index (κ2) is 5.82. The Labute approximate surface area is 139 Å². The second-order valence-electron chi connectivity index (χ2n) is 8.08. The third-order valence-electron chi connectivity index (χ3n) is 5.09. The average Bonchev–Trinajstić information content (AvgIpc) is 3.16. The predicted octanol–water partition coefficient (Wildman–Crippen LogP) is 3.74. The Morgan fingerprint density at radius 2 is 1.96 bits per heavy atom. The third kappa shape index (κ3) is 3.69. The van der Waals surface area contributed by atoms with Gasteiger partial charge < -0.3 is 10.1 Å². The van der Waals surface area contributed by atoms with E-state index in [0.29, 0.717) is 6.04 Å². The summed E-state index contributed by atoms with van der Waals surface area (Å²) in [5, 5.41) is 3.12. The Morgan fingerprint density at radius 3 is 2.52 bits per heavy atom. The van der Waals surface area contributed by atoms with E-state index >= 15 is 0 Å². The van der Waals surface area contributed by atoms with E-state index in [1.807, 2.05) is 20.8 Å². The van der Waals surface area contributed by atoms with Gasteiger partial charge in [0, 0.05) is 24.5 Å². The van der Waals surface area contributed by atoms with Crippen molar-refractivity contribution in [2.24, 2.45) is 5.41 Å². The molecule has 1 saturated carbocycles. The molecule has 126 valence electrons. The summed E-state index contributed by atoms with van der Waals surface area (Å²) in [6.45, 7) is 9.91. The molecule has 3 rings (SSSR count). The van der Waals surface area contributed by atoms with Crippen molar-refractivity contribution in [3.8, 4) is 0 Å². The van der Waals surface area contributed by atoms with Gasteiger partial charge in [0.2, 0.25) is 0 Å². The van der Waals surface area contributed by atoms with Gasteiger partial charge in [-0.15, -0.1) is 0 Å². The fourth-order valence-electron chi connectivity index (χ4n) is 3.56. The number of likely N-dealkylation sites (tertiary alicyclic amines) is 1. The molecular weight excluding hydrogens is 288 g/mol. The molecule has 1 aliphatic carbocycles. The second-order valence-corrected chi connectivity index (χ2v) is 8.08. The minimum Gasteiger partial charge on any atom is -0.444 e. The number of carbonyl (C=O) groups is 1. The highest BCUT2D eigenvalue weighted by molar-refractivity contribution is 5.68. The lowest BCUT2D eigenvalue weighted by atomic mass is 10.0. The number of nitrogens with one attached hydrogen (secondary N) is 1. The molecule has 2 fully saturated rings. The number of amides is 1. The van der Waals surface area contributed by atoms with E-state index in [1.54, 1.807) is 0 Å². The van der Waals surface area contributed by atoms with Gasteiger partial charge in [-0.2, -0.15) is 0 Å². The molecule has 1 heterocycles. The van der Waals surface area contributed by atoms with Crippen LogP contribution in [0.2, 0.25) is 0 Å². The van der Waals surface area contributed by atoms with E-state index in [-0.39, 0.29) is 17.6 Å². The molecule has 1 aromatic rings. The maximum atomic E-state index is 12.1. The minimum atomic E-state index is -0.448. The summed E-state index contributed by atoms with van der Waals surface area (Å²) in [5.41, 5.74) is 1.15. The smallest absolute Gasteiger partial charge is 0.407 e. The standard InChI is InChI=1S/C19H28N2O2/c1-14(15-8-6-5-7-9-15)21-12-16(19(13-21)10-11-19)20-17(22)23-18(2,3)4/h5-9,14,16H,10-13H2,1-4H3,(H,20,22). The molecule has 1 aromatic carbocycles. The number of hydrogen-bond donors (Lipinski definition) is 1. The fraction of sp³-hybridized carbons (Fsp3) is 0.632. The molecule has 1 amide bonds. The van der Waals surface area contributed by atoms with Gasteiger partial charge >= 0.3 is 6.09 Å². The maximum Gasteiger partial charge on any atom is 0.407 e. The van der Waals surface area contributed by atoms with Crippen LogP contribution in [0.1, 0.15) is 52.1 Å². The number of ether oxygens (including phenoxy) is 1. The van der Waals surface area contributed by atoms with Crippen LogP contribution in [0.3, 0.4) is 0 Å². The minimum absolute atomic E-state index is 0.198. The van der Waals surface area contributed by atoms with Gasteiger partial charge in [-0.1, -0.05) is 30.3 Å². The number of hydrogen-bond acceptors (Lipinski definition) is 3. The van der Waals surface area contributed by atoms with Gasteiger partial charge in [0.1, 0.15) is 5.60 Å². The summed E-state index contributed by atoms with van der Waals surface area (Å²) in [5.74, 6) is 0. The molecule has 4 heteroatoms. The Balaban J connectivity index is 1.64. The number of carbonyl (C=O) groups excluding carboxylic acids is 1. The summed E-state index contributed by atoms with van der Waals surface area (Å²) in [7, 11) is 0. The first-order valence-electron chi connectivity index (χ1n) is 8.58. The zero-order valence-electron chi connectivity index (χ0n) is 14.6. The van der Waals surface area contributed by atoms with E-state index < -0.39 is 5.60 Å². The van der Waals surface area contributed by atoms with Crippen molar-refractivity contribution >= 4 is 6.09 Å². The summed E-state index contributed by atoms with van der Waals surface area (Å²) < 4.78 is 5.43. The molecule has 0 aromatic heterocycles. The van der Waals surface area contributed by atoms with Crippen molar-refractivity contribution < 1.29 is 9.53 Å². The molecule has 1 N–H and O–H groups in total.